The highest BCUT2D eigenvalue weighted by atomic mass is 35.5. The van der Waals surface area contributed by atoms with E-state index in [0.29, 0.717) is 10.7 Å². The fourth-order valence-electron chi connectivity index (χ4n) is 1.86. The first-order chi connectivity index (χ1) is 11.2. The van der Waals surface area contributed by atoms with Crippen molar-refractivity contribution in [2.75, 3.05) is 17.2 Å². The molecule has 0 bridgehead atoms. The van der Waals surface area contributed by atoms with E-state index < -0.39 is 17.9 Å². The molecule has 0 radical (unpaired) electrons. The average Bonchev–Trinajstić information content (AvgIpc) is 2.49. The number of hydrogen-bond donors (Lipinski definition) is 3. The normalized spacial score (nSPS) is 12.8. The molecule has 3 N–H and O–H groups in total. The third-order valence-electron chi connectivity index (χ3n) is 3.10. The molecule has 0 aliphatic carbocycles. The predicted molar refractivity (Wildman–Crippen MR) is 86.7 cm³/mol. The number of halogens is 4. The number of benzene rings is 1. The van der Waals surface area contributed by atoms with E-state index in [1.54, 1.807) is 32.0 Å². The first-order valence-corrected chi connectivity index (χ1v) is 7.43. The summed E-state index contributed by atoms with van der Waals surface area (Å²) in [7, 11) is 0. The Morgan fingerprint density at radius 2 is 1.96 bits per heavy atom. The minimum atomic E-state index is -4.62. The zero-order chi connectivity index (χ0) is 17.9. The molecule has 0 unspecified atom stereocenters. The van der Waals surface area contributed by atoms with Crippen molar-refractivity contribution in [3.05, 3.63) is 40.5 Å². The number of hydrogen-bond acceptors (Lipinski definition) is 5. The summed E-state index contributed by atoms with van der Waals surface area (Å²) >= 11 is 5.93. The molecule has 9 heteroatoms. The molecular weight excluding hydrogens is 345 g/mol. The molecule has 0 spiro atoms. The SMILES string of the molecule is Cc1cc(Nc2cc(C(F)(F)F)nc(N[C@@H](C)CO)n2)ccc1Cl. The van der Waals surface area contributed by atoms with E-state index in [2.05, 4.69) is 20.6 Å². The summed E-state index contributed by atoms with van der Waals surface area (Å²) < 4.78 is 39.0. The van der Waals surface area contributed by atoms with Crippen molar-refractivity contribution >= 4 is 29.1 Å². The van der Waals surface area contributed by atoms with Crippen LogP contribution < -0.4 is 10.6 Å². The van der Waals surface area contributed by atoms with Gasteiger partial charge in [-0.25, -0.2) is 4.98 Å². The van der Waals surface area contributed by atoms with Gasteiger partial charge in [-0.1, -0.05) is 11.6 Å². The zero-order valence-corrected chi connectivity index (χ0v) is 13.7. The van der Waals surface area contributed by atoms with Crippen LogP contribution in [-0.4, -0.2) is 27.7 Å². The Balaban J connectivity index is 2.36. The van der Waals surface area contributed by atoms with E-state index >= 15 is 0 Å². The summed E-state index contributed by atoms with van der Waals surface area (Å²) in [5.74, 6) is -0.244. The highest BCUT2D eigenvalue weighted by Crippen LogP contribution is 2.31. The van der Waals surface area contributed by atoms with Crippen molar-refractivity contribution in [1.82, 2.24) is 9.97 Å². The average molecular weight is 361 g/mol. The largest absolute Gasteiger partial charge is 0.433 e. The third-order valence-corrected chi connectivity index (χ3v) is 3.52. The lowest BCUT2D eigenvalue weighted by Crippen LogP contribution is -2.22. The van der Waals surface area contributed by atoms with E-state index in [1.807, 2.05) is 0 Å². The van der Waals surface area contributed by atoms with Crippen molar-refractivity contribution < 1.29 is 18.3 Å². The highest BCUT2D eigenvalue weighted by Gasteiger charge is 2.34. The minimum Gasteiger partial charge on any atom is -0.394 e. The maximum atomic E-state index is 13.0. The summed E-state index contributed by atoms with van der Waals surface area (Å²) in [5.41, 5.74) is 0.238. The van der Waals surface area contributed by atoms with Gasteiger partial charge in [-0.2, -0.15) is 18.2 Å². The molecule has 0 aliphatic rings. The molecule has 5 nitrogen and oxygen atoms in total. The predicted octanol–water partition coefficient (Wildman–Crippen LogP) is 3.99. The molecule has 1 atom stereocenters. The van der Waals surface area contributed by atoms with Crippen molar-refractivity contribution in [1.29, 1.82) is 0 Å². The Labute approximate surface area is 141 Å². The molecule has 0 saturated heterocycles. The van der Waals surface area contributed by atoms with E-state index in [9.17, 15) is 13.2 Å². The maximum Gasteiger partial charge on any atom is 0.433 e. The lowest BCUT2D eigenvalue weighted by atomic mass is 10.2. The second-order valence-electron chi connectivity index (χ2n) is 5.28. The number of alkyl halides is 3. The van der Waals surface area contributed by atoms with Crippen LogP contribution in [0.25, 0.3) is 0 Å². The van der Waals surface area contributed by atoms with Gasteiger partial charge < -0.3 is 15.7 Å². The highest BCUT2D eigenvalue weighted by molar-refractivity contribution is 6.31. The van der Waals surface area contributed by atoms with Crippen LogP contribution in [0.5, 0.6) is 0 Å². The van der Waals surface area contributed by atoms with Crippen LogP contribution in [0.2, 0.25) is 5.02 Å². The number of aliphatic hydroxyl groups is 1. The van der Waals surface area contributed by atoms with Gasteiger partial charge in [0.25, 0.3) is 0 Å². The molecule has 0 aliphatic heterocycles. The van der Waals surface area contributed by atoms with Crippen molar-refractivity contribution in [2.45, 2.75) is 26.1 Å². The molecule has 2 rings (SSSR count). The minimum absolute atomic E-state index is 0.0216. The summed E-state index contributed by atoms with van der Waals surface area (Å²) in [4.78, 5) is 7.45. The van der Waals surface area contributed by atoms with Crippen molar-refractivity contribution in [3.8, 4) is 0 Å². The van der Waals surface area contributed by atoms with Crippen LogP contribution in [0.15, 0.2) is 24.3 Å². The van der Waals surface area contributed by atoms with Gasteiger partial charge in [0.05, 0.1) is 6.61 Å². The van der Waals surface area contributed by atoms with Crippen LogP contribution in [0, 0.1) is 6.92 Å². The van der Waals surface area contributed by atoms with E-state index in [0.717, 1.165) is 11.6 Å². The van der Waals surface area contributed by atoms with Gasteiger partial charge in [0.1, 0.15) is 5.82 Å². The van der Waals surface area contributed by atoms with Crippen LogP contribution in [0.1, 0.15) is 18.2 Å². The Kier molecular flexibility index (Phi) is 5.51. The van der Waals surface area contributed by atoms with Gasteiger partial charge in [-0.15, -0.1) is 0 Å². The lowest BCUT2D eigenvalue weighted by Gasteiger charge is -2.15. The Bertz CT molecular complexity index is 724. The molecule has 0 saturated carbocycles. The van der Waals surface area contributed by atoms with Crippen molar-refractivity contribution in [2.24, 2.45) is 0 Å². The first-order valence-electron chi connectivity index (χ1n) is 7.06. The maximum absolute atomic E-state index is 13.0. The second-order valence-corrected chi connectivity index (χ2v) is 5.68. The number of aryl methyl sites for hydroxylation is 1. The quantitative estimate of drug-likeness (QED) is 0.752. The molecule has 24 heavy (non-hydrogen) atoms. The number of rotatable bonds is 5. The van der Waals surface area contributed by atoms with Gasteiger partial charge >= 0.3 is 6.18 Å². The van der Waals surface area contributed by atoms with Gasteiger partial charge in [0, 0.05) is 22.8 Å². The Morgan fingerprint density at radius 1 is 1.25 bits per heavy atom. The molecular formula is C15H16ClF3N4O. The fourth-order valence-corrected chi connectivity index (χ4v) is 1.97. The molecule has 130 valence electrons. The summed E-state index contributed by atoms with van der Waals surface area (Å²) in [5, 5.41) is 15.0. The molecule has 0 fully saturated rings. The van der Waals surface area contributed by atoms with Crippen LogP contribution >= 0.6 is 11.6 Å². The zero-order valence-electron chi connectivity index (χ0n) is 12.9. The number of anilines is 3. The number of aliphatic hydroxyl groups excluding tert-OH is 1. The number of aromatic nitrogens is 2. The molecule has 2 aromatic rings. The van der Waals surface area contributed by atoms with E-state index in [4.69, 9.17) is 16.7 Å². The van der Waals surface area contributed by atoms with Crippen LogP contribution in [0.3, 0.4) is 0 Å². The molecule has 1 aromatic heterocycles. The van der Waals surface area contributed by atoms with Gasteiger partial charge in [0.2, 0.25) is 5.95 Å². The Morgan fingerprint density at radius 3 is 2.54 bits per heavy atom. The topological polar surface area (TPSA) is 70.1 Å². The second kappa shape index (κ2) is 7.23. The summed E-state index contributed by atoms with van der Waals surface area (Å²) in [6.45, 7) is 3.11. The molecule has 1 heterocycles. The number of nitrogens with zero attached hydrogens (tertiary/aromatic N) is 2. The van der Waals surface area contributed by atoms with Crippen molar-refractivity contribution in [3.63, 3.8) is 0 Å². The fraction of sp³-hybridized carbons (Fsp3) is 0.333. The number of nitrogens with one attached hydrogen (secondary N) is 2. The lowest BCUT2D eigenvalue weighted by molar-refractivity contribution is -0.141. The smallest absolute Gasteiger partial charge is 0.394 e. The molecule has 0 amide bonds. The van der Waals surface area contributed by atoms with E-state index in [1.165, 1.54) is 0 Å². The van der Waals surface area contributed by atoms with Gasteiger partial charge in [-0.3, -0.25) is 0 Å². The standard InChI is InChI=1S/C15H16ClF3N4O/c1-8-5-10(3-4-11(8)16)21-13-6-12(15(17,18)19)22-14(23-13)20-9(2)7-24/h3-6,9,24H,7H2,1-2H3,(H2,20,21,22,23)/t9-/m0/s1. The van der Waals surface area contributed by atoms with Crippen LogP contribution in [0.4, 0.5) is 30.6 Å². The van der Waals surface area contributed by atoms with E-state index in [-0.39, 0.29) is 18.4 Å². The monoisotopic (exact) mass is 360 g/mol. The van der Waals surface area contributed by atoms with Gasteiger partial charge in [0.15, 0.2) is 5.69 Å². The third kappa shape index (κ3) is 4.72. The first kappa shape index (κ1) is 18.3. The molecule has 1 aromatic carbocycles. The van der Waals surface area contributed by atoms with Gasteiger partial charge in [-0.05, 0) is 37.6 Å². The van der Waals surface area contributed by atoms with Crippen LogP contribution in [-0.2, 0) is 6.18 Å². The summed E-state index contributed by atoms with van der Waals surface area (Å²) in [6.07, 6.45) is -4.62. The Hall–Kier alpha value is -2.06. The summed E-state index contributed by atoms with van der Waals surface area (Å²) in [6, 6.07) is 5.30.